The van der Waals surface area contributed by atoms with Crippen LogP contribution in [0.1, 0.15) is 81.5 Å². The van der Waals surface area contributed by atoms with Gasteiger partial charge in [-0.05, 0) is 116 Å². The van der Waals surface area contributed by atoms with E-state index in [-0.39, 0.29) is 34.9 Å². The second-order valence-corrected chi connectivity index (χ2v) is 17.0. The van der Waals surface area contributed by atoms with Gasteiger partial charge in [0.05, 0.1) is 8.95 Å². The smallest absolute Gasteiger partial charge is 0.262 e. The Bertz CT molecular complexity index is 1830. The predicted molar refractivity (Wildman–Crippen MR) is 202 cm³/mol. The topological polar surface area (TPSA) is 75.7 Å². The number of amides is 1. The SMILES string of the molecule is Cc1cccc(NC(=O)COc2c(Br)cc(C3C4=C(CC(C)(C)CC4=O)N(CCc4ccccc4)C4=C3C(=O)CC(C)(C)C4)cc2Br)c1C. The maximum atomic E-state index is 14.3. The molecule has 0 radical (unpaired) electrons. The first-order chi connectivity index (χ1) is 23.1. The van der Waals surface area contributed by atoms with Gasteiger partial charge in [-0.1, -0.05) is 70.2 Å². The van der Waals surface area contributed by atoms with Crippen molar-refractivity contribution in [3.8, 4) is 5.75 Å². The van der Waals surface area contributed by atoms with Crippen molar-refractivity contribution in [1.82, 2.24) is 4.90 Å². The highest BCUT2D eigenvalue weighted by molar-refractivity contribution is 9.11. The zero-order chi connectivity index (χ0) is 35.2. The van der Waals surface area contributed by atoms with Gasteiger partial charge in [0.15, 0.2) is 18.2 Å². The van der Waals surface area contributed by atoms with Crippen molar-refractivity contribution in [3.63, 3.8) is 0 Å². The fraction of sp³-hybridized carbons (Fsp3) is 0.390. The molecule has 0 spiro atoms. The monoisotopic (exact) mass is 786 g/mol. The first-order valence-electron chi connectivity index (χ1n) is 17.0. The molecule has 1 heterocycles. The first-order valence-corrected chi connectivity index (χ1v) is 18.5. The van der Waals surface area contributed by atoms with Gasteiger partial charge < -0.3 is 15.0 Å². The van der Waals surface area contributed by atoms with Gasteiger partial charge in [0.1, 0.15) is 5.75 Å². The van der Waals surface area contributed by atoms with Gasteiger partial charge in [0.2, 0.25) is 0 Å². The number of carbonyl (C=O) groups excluding carboxylic acids is 3. The number of ether oxygens (including phenoxy) is 1. The lowest BCUT2D eigenvalue weighted by Gasteiger charge is -2.49. The predicted octanol–water partition coefficient (Wildman–Crippen LogP) is 9.77. The fourth-order valence-electron chi connectivity index (χ4n) is 7.63. The Morgan fingerprint density at radius 1 is 0.837 bits per heavy atom. The molecule has 3 aromatic rings. The quantitative estimate of drug-likeness (QED) is 0.246. The molecule has 1 amide bonds. The number of ketones is 2. The zero-order valence-corrected chi connectivity index (χ0v) is 32.3. The third kappa shape index (κ3) is 7.36. The molecule has 0 unspecified atom stereocenters. The molecule has 0 saturated heterocycles. The summed E-state index contributed by atoms with van der Waals surface area (Å²) in [6.45, 7) is 13.1. The number of aryl methyl sites for hydroxylation is 1. The van der Waals surface area contributed by atoms with Crippen LogP contribution in [0.3, 0.4) is 0 Å². The second-order valence-electron chi connectivity index (χ2n) is 15.3. The van der Waals surface area contributed by atoms with Gasteiger partial charge >= 0.3 is 0 Å². The maximum absolute atomic E-state index is 14.3. The van der Waals surface area contributed by atoms with E-state index in [1.807, 2.05) is 50.2 Å². The third-order valence-corrected chi connectivity index (χ3v) is 11.2. The normalized spacial score (nSPS) is 18.7. The number of anilines is 1. The Morgan fingerprint density at radius 2 is 1.41 bits per heavy atom. The zero-order valence-electron chi connectivity index (χ0n) is 29.1. The summed E-state index contributed by atoms with van der Waals surface area (Å²) in [5, 5.41) is 2.95. The highest BCUT2D eigenvalue weighted by Crippen LogP contribution is 2.55. The van der Waals surface area contributed by atoms with E-state index in [4.69, 9.17) is 4.74 Å². The summed E-state index contributed by atoms with van der Waals surface area (Å²) in [7, 11) is 0. The molecule has 0 fully saturated rings. The minimum absolute atomic E-state index is 0.0980. The summed E-state index contributed by atoms with van der Waals surface area (Å²) in [5.41, 5.74) is 8.09. The number of hydrogen-bond acceptors (Lipinski definition) is 5. The van der Waals surface area contributed by atoms with Crippen molar-refractivity contribution in [3.05, 3.63) is 114 Å². The highest BCUT2D eigenvalue weighted by Gasteiger charge is 2.49. The lowest BCUT2D eigenvalue weighted by atomic mass is 9.63. The van der Waals surface area contributed by atoms with Crippen LogP contribution < -0.4 is 10.1 Å². The molecule has 2 aliphatic carbocycles. The van der Waals surface area contributed by atoms with E-state index in [1.165, 1.54) is 5.56 Å². The van der Waals surface area contributed by atoms with Gasteiger partial charge in [-0.25, -0.2) is 0 Å². The van der Waals surface area contributed by atoms with Crippen LogP contribution in [0.5, 0.6) is 5.75 Å². The van der Waals surface area contributed by atoms with Crippen molar-refractivity contribution in [2.75, 3.05) is 18.5 Å². The molecule has 6 rings (SSSR count). The van der Waals surface area contributed by atoms with Crippen LogP contribution in [0, 0.1) is 24.7 Å². The third-order valence-electron chi connectivity index (χ3n) is 10.1. The number of Topliss-reactive ketones (excluding diaryl/α,β-unsaturated/α-hetero) is 2. The molecule has 49 heavy (non-hydrogen) atoms. The molecule has 0 bridgehead atoms. The molecule has 3 aromatic carbocycles. The van der Waals surface area contributed by atoms with Crippen LogP contribution in [-0.2, 0) is 20.8 Å². The Hall–Kier alpha value is -3.49. The summed E-state index contributed by atoms with van der Waals surface area (Å²) >= 11 is 7.42. The minimum Gasteiger partial charge on any atom is -0.481 e. The number of benzene rings is 3. The summed E-state index contributed by atoms with van der Waals surface area (Å²) in [4.78, 5) is 43.7. The van der Waals surface area contributed by atoms with E-state index in [2.05, 4.69) is 94.0 Å². The van der Waals surface area contributed by atoms with Crippen molar-refractivity contribution in [2.24, 2.45) is 10.8 Å². The Balaban J connectivity index is 1.38. The average Bonchev–Trinajstić information content (AvgIpc) is 3.01. The number of allylic oxidation sites excluding steroid dienone is 4. The largest absolute Gasteiger partial charge is 0.481 e. The van der Waals surface area contributed by atoms with Crippen LogP contribution in [0.25, 0.3) is 0 Å². The number of hydrogen-bond donors (Lipinski definition) is 1. The van der Waals surface area contributed by atoms with E-state index < -0.39 is 5.92 Å². The van der Waals surface area contributed by atoms with Gasteiger partial charge in [-0.15, -0.1) is 0 Å². The summed E-state index contributed by atoms with van der Waals surface area (Å²) in [5.74, 6) is -0.0771. The average molecular weight is 789 g/mol. The van der Waals surface area contributed by atoms with E-state index in [9.17, 15) is 14.4 Å². The summed E-state index contributed by atoms with van der Waals surface area (Å²) < 4.78 is 7.32. The van der Waals surface area contributed by atoms with Crippen molar-refractivity contribution >= 4 is 55.0 Å². The molecular weight excluding hydrogens is 744 g/mol. The van der Waals surface area contributed by atoms with Crippen molar-refractivity contribution in [2.45, 2.75) is 79.6 Å². The molecule has 256 valence electrons. The standard InChI is InChI=1S/C41H44Br2N2O4/c1-24-11-10-14-30(25(24)2)44-35(48)23-49-39-28(42)17-27(18-29(39)43)36-37-31(19-40(3,4)21-33(37)46)45(16-15-26-12-8-7-9-13-26)32-20-41(5,6)22-34(47)38(32)36/h7-14,17-18,36H,15-16,19-23H2,1-6H3,(H,44,48). The lowest BCUT2D eigenvalue weighted by molar-refractivity contribution is -0.120. The molecule has 6 nitrogen and oxygen atoms in total. The molecule has 8 heteroatoms. The minimum atomic E-state index is -0.487. The maximum Gasteiger partial charge on any atom is 0.262 e. The Labute approximate surface area is 306 Å². The van der Waals surface area contributed by atoms with E-state index in [1.54, 1.807) is 0 Å². The Morgan fingerprint density at radius 3 is 1.98 bits per heavy atom. The fourth-order valence-corrected chi connectivity index (χ4v) is 9.08. The van der Waals surface area contributed by atoms with Crippen LogP contribution >= 0.6 is 31.9 Å². The van der Waals surface area contributed by atoms with Gasteiger partial charge in [-0.2, -0.15) is 0 Å². The molecule has 0 saturated carbocycles. The van der Waals surface area contributed by atoms with Gasteiger partial charge in [0, 0.05) is 53.5 Å². The molecule has 3 aliphatic rings. The summed E-state index contributed by atoms with van der Waals surface area (Å²) in [6.07, 6.45) is 3.17. The van der Waals surface area contributed by atoms with Crippen LogP contribution in [0.15, 0.2) is 92.1 Å². The molecule has 0 atom stereocenters. The molecule has 1 N–H and O–H groups in total. The molecule has 0 aromatic heterocycles. The van der Waals surface area contributed by atoms with Crippen LogP contribution in [0.4, 0.5) is 5.69 Å². The van der Waals surface area contributed by atoms with Crippen LogP contribution in [0.2, 0.25) is 0 Å². The number of halogens is 2. The van der Waals surface area contributed by atoms with Crippen molar-refractivity contribution in [1.29, 1.82) is 0 Å². The van der Waals surface area contributed by atoms with E-state index >= 15 is 0 Å². The van der Waals surface area contributed by atoms with Gasteiger partial charge in [0.25, 0.3) is 5.91 Å². The number of rotatable bonds is 8. The number of nitrogens with zero attached hydrogens (tertiary/aromatic N) is 1. The first kappa shape index (κ1) is 35.3. The molecule has 1 aliphatic heterocycles. The number of carbonyl (C=O) groups is 3. The van der Waals surface area contributed by atoms with E-state index in [0.29, 0.717) is 34.1 Å². The highest BCUT2D eigenvalue weighted by atomic mass is 79.9. The van der Waals surface area contributed by atoms with Crippen molar-refractivity contribution < 1.29 is 19.1 Å². The Kier molecular flexibility index (Phi) is 9.86. The lowest BCUT2D eigenvalue weighted by Crippen LogP contribution is -2.45. The number of nitrogens with one attached hydrogen (secondary N) is 1. The summed E-state index contributed by atoms with van der Waals surface area (Å²) in [6, 6.07) is 20.1. The second kappa shape index (κ2) is 13.7. The van der Waals surface area contributed by atoms with Crippen LogP contribution in [-0.4, -0.2) is 35.5 Å². The van der Waals surface area contributed by atoms with E-state index in [0.717, 1.165) is 64.2 Å². The molecular formula is C41H44Br2N2O4. The van der Waals surface area contributed by atoms with Gasteiger partial charge in [-0.3, -0.25) is 14.4 Å².